The lowest BCUT2D eigenvalue weighted by Crippen LogP contribution is -2.24. The van der Waals surface area contributed by atoms with Crippen molar-refractivity contribution >= 4 is 68.5 Å². The van der Waals surface area contributed by atoms with Gasteiger partial charge in [-0.15, -0.1) is 0 Å². The molecule has 2 heterocycles. The van der Waals surface area contributed by atoms with E-state index in [0.29, 0.717) is 33.4 Å². The summed E-state index contributed by atoms with van der Waals surface area (Å²) in [6, 6.07) is 2.05. The van der Waals surface area contributed by atoms with Crippen LogP contribution in [-0.2, 0) is 11.4 Å². The summed E-state index contributed by atoms with van der Waals surface area (Å²) in [4.78, 5) is 4.76. The first-order chi connectivity index (χ1) is 10.1. The number of anilines is 1. The molecule has 3 rings (SSSR count). The first kappa shape index (κ1) is 15.3. The smallest absolute Gasteiger partial charge is 0.161 e. The number of benzene rings is 1. The van der Waals surface area contributed by atoms with Crippen LogP contribution in [0.25, 0.3) is 0 Å². The molecule has 21 heavy (non-hydrogen) atoms. The van der Waals surface area contributed by atoms with E-state index in [1.54, 1.807) is 17.8 Å². The molecule has 4 nitrogen and oxygen atoms in total. The van der Waals surface area contributed by atoms with Crippen LogP contribution >= 0.6 is 35.0 Å². The molecule has 1 aromatic carbocycles. The van der Waals surface area contributed by atoms with E-state index >= 15 is 0 Å². The van der Waals surface area contributed by atoms with Crippen LogP contribution in [0.4, 0.5) is 17.1 Å². The Morgan fingerprint density at radius 3 is 2.76 bits per heavy atom. The van der Waals surface area contributed by atoms with Gasteiger partial charge in [0.05, 0.1) is 33.1 Å². The van der Waals surface area contributed by atoms with Crippen LogP contribution in [-0.4, -0.2) is 17.0 Å². The summed E-state index contributed by atoms with van der Waals surface area (Å²) in [6.45, 7) is 4.39. The van der Waals surface area contributed by atoms with Gasteiger partial charge in [-0.2, -0.15) is 8.73 Å². The van der Waals surface area contributed by atoms with Crippen molar-refractivity contribution in [2.24, 2.45) is 19.6 Å². The summed E-state index contributed by atoms with van der Waals surface area (Å²) in [6.07, 6.45) is 1.11. The van der Waals surface area contributed by atoms with Gasteiger partial charge in [0.2, 0.25) is 0 Å². The molecule has 2 aliphatic heterocycles. The Morgan fingerprint density at radius 1 is 1.24 bits per heavy atom. The molecule has 0 saturated carbocycles. The summed E-state index contributed by atoms with van der Waals surface area (Å²) in [5.74, 6) is 1.59. The number of halogens is 2. The summed E-state index contributed by atoms with van der Waals surface area (Å²) >= 11 is 15.3. The van der Waals surface area contributed by atoms with Gasteiger partial charge in [-0.05, 0) is 18.4 Å². The minimum absolute atomic E-state index is 0.351. The monoisotopic (exact) mass is 360 g/mol. The van der Waals surface area contributed by atoms with Gasteiger partial charge < -0.3 is 5.32 Å². The van der Waals surface area contributed by atoms with Crippen LogP contribution in [0.2, 0.25) is 10.0 Å². The molecule has 2 aliphatic rings. The van der Waals surface area contributed by atoms with Gasteiger partial charge in [0.15, 0.2) is 5.17 Å². The molecule has 0 saturated heterocycles. The molecule has 1 unspecified atom stereocenters. The Morgan fingerprint density at radius 2 is 2.00 bits per heavy atom. The third kappa shape index (κ3) is 3.13. The number of nitrogens with zero attached hydrogens (tertiary/aromatic N) is 3. The highest BCUT2D eigenvalue weighted by molar-refractivity contribution is 8.14. The average molecular weight is 361 g/mol. The highest BCUT2D eigenvalue weighted by Gasteiger charge is 2.23. The second-order valence-electron chi connectivity index (χ2n) is 5.18. The standard InChI is InChI=1S/C13H14Cl2N4S2/c1-6(2)9-3-4-20-13(16-9)17-10-7(14)5-8(15)11-12(10)19-21-18-11/h5-6,9H,3-4H2,1-2H3,(H,16,17). The van der Waals surface area contributed by atoms with Crippen LogP contribution in [0.3, 0.4) is 0 Å². The average Bonchev–Trinajstić information content (AvgIpc) is 2.93. The highest BCUT2D eigenvalue weighted by Crippen LogP contribution is 2.48. The highest BCUT2D eigenvalue weighted by atomic mass is 35.5. The third-order valence-electron chi connectivity index (χ3n) is 3.38. The zero-order valence-electron chi connectivity index (χ0n) is 11.6. The number of amidine groups is 1. The van der Waals surface area contributed by atoms with Crippen molar-refractivity contribution in [2.45, 2.75) is 26.3 Å². The SMILES string of the molecule is CC(C)C1CCSC(Nc2c(Cl)cc(Cl)c3c2N=S=N3)=N1. The van der Waals surface area contributed by atoms with E-state index < -0.39 is 0 Å². The topological polar surface area (TPSA) is 49.1 Å². The number of rotatable bonds is 2. The number of hydrogen-bond donors (Lipinski definition) is 1. The van der Waals surface area contributed by atoms with Crippen LogP contribution in [0, 0.1) is 5.92 Å². The predicted octanol–water partition coefficient (Wildman–Crippen LogP) is 5.65. The Hall–Kier alpha value is -0.560. The summed E-state index contributed by atoms with van der Waals surface area (Å²) in [5.41, 5.74) is 2.11. The third-order valence-corrected chi connectivity index (χ3v) is 5.42. The molecule has 0 spiro atoms. The second-order valence-corrected chi connectivity index (χ2v) is 7.61. The van der Waals surface area contributed by atoms with E-state index in [-0.39, 0.29) is 0 Å². The van der Waals surface area contributed by atoms with E-state index in [1.807, 2.05) is 0 Å². The molecular weight excluding hydrogens is 347 g/mol. The summed E-state index contributed by atoms with van der Waals surface area (Å²) in [7, 11) is 0. The molecular formula is C13H14Cl2N4S2. The molecule has 1 atom stereocenters. The number of hydrogen-bond acceptors (Lipinski definition) is 5. The van der Waals surface area contributed by atoms with Crippen LogP contribution < -0.4 is 5.32 Å². The van der Waals surface area contributed by atoms with Crippen LogP contribution in [0.1, 0.15) is 20.3 Å². The Labute approximate surface area is 141 Å². The van der Waals surface area contributed by atoms with Crippen LogP contribution in [0.15, 0.2) is 19.8 Å². The molecule has 0 bridgehead atoms. The first-order valence-corrected chi connectivity index (χ1v) is 9.11. The van der Waals surface area contributed by atoms with Crippen molar-refractivity contribution in [3.8, 4) is 0 Å². The van der Waals surface area contributed by atoms with Crippen molar-refractivity contribution in [1.29, 1.82) is 0 Å². The van der Waals surface area contributed by atoms with E-state index in [4.69, 9.17) is 28.2 Å². The molecule has 0 amide bonds. The number of nitrogens with one attached hydrogen (secondary N) is 1. The Bertz CT molecular complexity index is 681. The molecule has 8 heteroatoms. The lowest BCUT2D eigenvalue weighted by atomic mass is 10.0. The van der Waals surface area contributed by atoms with Gasteiger partial charge in [-0.1, -0.05) is 48.8 Å². The largest absolute Gasteiger partial charge is 0.332 e. The Balaban J connectivity index is 1.93. The maximum Gasteiger partial charge on any atom is 0.161 e. The van der Waals surface area contributed by atoms with Crippen LogP contribution in [0.5, 0.6) is 0 Å². The summed E-state index contributed by atoms with van der Waals surface area (Å²) in [5, 5.41) is 5.26. The van der Waals surface area contributed by atoms with Crippen molar-refractivity contribution in [2.75, 3.05) is 11.1 Å². The van der Waals surface area contributed by atoms with Gasteiger partial charge in [0.1, 0.15) is 11.4 Å². The second kappa shape index (κ2) is 6.28. The number of aliphatic imine (C=N–C) groups is 1. The minimum Gasteiger partial charge on any atom is -0.332 e. The molecule has 0 radical (unpaired) electrons. The molecule has 1 N–H and O–H groups in total. The number of fused-ring (bicyclic) bond motifs is 1. The van der Waals surface area contributed by atoms with Crippen molar-refractivity contribution in [3.05, 3.63) is 16.1 Å². The van der Waals surface area contributed by atoms with Crippen molar-refractivity contribution in [3.63, 3.8) is 0 Å². The van der Waals surface area contributed by atoms with Gasteiger partial charge in [-0.3, -0.25) is 4.99 Å². The fraction of sp³-hybridized carbons (Fsp3) is 0.462. The molecule has 0 fully saturated rings. The van der Waals surface area contributed by atoms with Gasteiger partial charge in [-0.25, -0.2) is 0 Å². The fourth-order valence-corrected chi connectivity index (χ4v) is 4.28. The van der Waals surface area contributed by atoms with E-state index in [9.17, 15) is 0 Å². The predicted molar refractivity (Wildman–Crippen MR) is 94.8 cm³/mol. The van der Waals surface area contributed by atoms with E-state index in [1.165, 1.54) is 0 Å². The van der Waals surface area contributed by atoms with Gasteiger partial charge in [0.25, 0.3) is 0 Å². The normalized spacial score (nSPS) is 20.2. The van der Waals surface area contributed by atoms with Gasteiger partial charge in [0, 0.05) is 5.75 Å². The van der Waals surface area contributed by atoms with Crippen molar-refractivity contribution < 1.29 is 0 Å². The van der Waals surface area contributed by atoms with Gasteiger partial charge >= 0.3 is 0 Å². The lowest BCUT2D eigenvalue weighted by Gasteiger charge is -2.24. The molecule has 0 aromatic heterocycles. The molecule has 0 aliphatic carbocycles. The zero-order chi connectivity index (χ0) is 15.0. The summed E-state index contributed by atoms with van der Waals surface area (Å²) < 4.78 is 8.50. The maximum absolute atomic E-state index is 6.31. The van der Waals surface area contributed by atoms with E-state index in [0.717, 1.165) is 34.4 Å². The lowest BCUT2D eigenvalue weighted by molar-refractivity contribution is 0.485. The van der Waals surface area contributed by atoms with E-state index in [2.05, 4.69) is 27.9 Å². The maximum atomic E-state index is 6.31. The quantitative estimate of drug-likeness (QED) is 0.751. The van der Waals surface area contributed by atoms with Crippen molar-refractivity contribution in [1.82, 2.24) is 0 Å². The number of thioether (sulfide) groups is 1. The first-order valence-electron chi connectivity index (χ1n) is 6.64. The molecule has 112 valence electrons. The Kier molecular flexibility index (Phi) is 4.59. The fourth-order valence-electron chi connectivity index (χ4n) is 2.18. The zero-order valence-corrected chi connectivity index (χ0v) is 14.7. The minimum atomic E-state index is 0.351. The molecule has 1 aromatic rings.